The third-order valence-corrected chi connectivity index (χ3v) is 4.82. The van der Waals surface area contributed by atoms with Gasteiger partial charge in [-0.05, 0) is 35.4 Å². The lowest BCUT2D eigenvalue weighted by Gasteiger charge is -2.35. The molecule has 1 saturated heterocycles. The van der Waals surface area contributed by atoms with Crippen LogP contribution in [-0.4, -0.2) is 47.0 Å². The first-order valence-corrected chi connectivity index (χ1v) is 8.63. The van der Waals surface area contributed by atoms with E-state index in [9.17, 15) is 9.18 Å². The summed E-state index contributed by atoms with van der Waals surface area (Å²) in [4.78, 5) is 24.4. The highest BCUT2D eigenvalue weighted by Gasteiger charge is 2.21. The van der Waals surface area contributed by atoms with Gasteiger partial charge in [-0.1, -0.05) is 18.2 Å². The fourth-order valence-electron chi connectivity index (χ4n) is 3.35. The van der Waals surface area contributed by atoms with Crippen LogP contribution in [0.4, 0.5) is 10.2 Å². The Labute approximate surface area is 151 Å². The third kappa shape index (κ3) is 3.10. The van der Waals surface area contributed by atoms with Crippen LogP contribution in [0.15, 0.2) is 48.8 Å². The molecule has 1 aromatic heterocycles. The van der Waals surface area contributed by atoms with Crippen LogP contribution in [0.25, 0.3) is 22.0 Å². The number of aromatic nitrogens is 2. The van der Waals surface area contributed by atoms with Crippen LogP contribution in [0.2, 0.25) is 0 Å². The second-order valence-electron chi connectivity index (χ2n) is 6.43. The molecule has 132 valence electrons. The molecule has 2 aromatic carbocycles. The van der Waals surface area contributed by atoms with E-state index < -0.39 is 0 Å². The van der Waals surface area contributed by atoms with Crippen LogP contribution in [0.3, 0.4) is 0 Å². The molecule has 1 amide bonds. The molecule has 26 heavy (non-hydrogen) atoms. The van der Waals surface area contributed by atoms with Crippen LogP contribution in [0, 0.1) is 5.82 Å². The summed E-state index contributed by atoms with van der Waals surface area (Å²) in [6.45, 7) is 4.47. The zero-order valence-corrected chi connectivity index (χ0v) is 14.5. The first-order valence-electron chi connectivity index (χ1n) is 8.63. The lowest BCUT2D eigenvalue weighted by Crippen LogP contribution is -2.48. The highest BCUT2D eigenvalue weighted by molar-refractivity contribution is 5.93. The summed E-state index contributed by atoms with van der Waals surface area (Å²) in [6, 6.07) is 12.5. The summed E-state index contributed by atoms with van der Waals surface area (Å²) in [5.74, 6) is 0.736. The summed E-state index contributed by atoms with van der Waals surface area (Å²) in [5, 5.41) is 0.964. The van der Waals surface area contributed by atoms with Crippen molar-refractivity contribution in [3.63, 3.8) is 0 Å². The topological polar surface area (TPSA) is 49.3 Å². The summed E-state index contributed by atoms with van der Waals surface area (Å²) >= 11 is 0. The van der Waals surface area contributed by atoms with Gasteiger partial charge in [-0.2, -0.15) is 0 Å². The van der Waals surface area contributed by atoms with Gasteiger partial charge < -0.3 is 9.80 Å². The van der Waals surface area contributed by atoms with E-state index in [0.717, 1.165) is 40.9 Å². The molecule has 0 bridgehead atoms. The van der Waals surface area contributed by atoms with E-state index in [-0.39, 0.29) is 11.7 Å². The Bertz CT molecular complexity index is 950. The maximum atomic E-state index is 13.2. The van der Waals surface area contributed by atoms with Gasteiger partial charge in [0.15, 0.2) is 0 Å². The minimum Gasteiger partial charge on any atom is -0.352 e. The first kappa shape index (κ1) is 16.4. The molecule has 0 radical (unpaired) electrons. The van der Waals surface area contributed by atoms with Crippen molar-refractivity contribution in [3.8, 4) is 11.1 Å². The largest absolute Gasteiger partial charge is 0.352 e. The van der Waals surface area contributed by atoms with Gasteiger partial charge in [0.1, 0.15) is 18.0 Å². The predicted molar refractivity (Wildman–Crippen MR) is 99.4 cm³/mol. The molecule has 1 aliphatic rings. The highest BCUT2D eigenvalue weighted by Crippen LogP contribution is 2.29. The molecule has 4 rings (SSSR count). The molecule has 0 N–H and O–H groups in total. The minimum absolute atomic E-state index is 0.107. The number of piperazine rings is 1. The van der Waals surface area contributed by atoms with Crippen LogP contribution in [0.5, 0.6) is 0 Å². The maximum absolute atomic E-state index is 13.2. The zero-order valence-electron chi connectivity index (χ0n) is 14.5. The van der Waals surface area contributed by atoms with E-state index in [1.807, 2.05) is 17.0 Å². The molecule has 0 aliphatic carbocycles. The highest BCUT2D eigenvalue weighted by atomic mass is 19.1. The van der Waals surface area contributed by atoms with E-state index in [2.05, 4.69) is 20.9 Å². The number of amides is 1. The molecule has 2 heterocycles. The van der Waals surface area contributed by atoms with Crippen molar-refractivity contribution < 1.29 is 9.18 Å². The smallest absolute Gasteiger partial charge is 0.219 e. The van der Waals surface area contributed by atoms with Crippen molar-refractivity contribution in [2.75, 3.05) is 31.1 Å². The van der Waals surface area contributed by atoms with Crippen molar-refractivity contribution in [2.45, 2.75) is 6.92 Å². The van der Waals surface area contributed by atoms with Crippen LogP contribution in [-0.2, 0) is 4.79 Å². The van der Waals surface area contributed by atoms with Gasteiger partial charge >= 0.3 is 0 Å². The fourth-order valence-corrected chi connectivity index (χ4v) is 3.35. The molecule has 0 unspecified atom stereocenters. The lowest BCUT2D eigenvalue weighted by molar-refractivity contribution is -0.129. The van der Waals surface area contributed by atoms with Gasteiger partial charge in [0, 0.05) is 38.5 Å². The van der Waals surface area contributed by atoms with Gasteiger partial charge in [-0.25, -0.2) is 14.4 Å². The maximum Gasteiger partial charge on any atom is 0.219 e. The number of nitrogens with zero attached hydrogens (tertiary/aromatic N) is 4. The first-order chi connectivity index (χ1) is 12.6. The second kappa shape index (κ2) is 6.71. The summed E-state index contributed by atoms with van der Waals surface area (Å²) in [7, 11) is 0. The standard InChI is InChI=1S/C20H19FN4O/c1-14(26)24-8-10-25(11-9-24)20-18-12-16(4-7-19(18)22-13-23-20)15-2-5-17(21)6-3-15/h2-7,12-13H,8-11H2,1H3. The van der Waals surface area contributed by atoms with Crippen LogP contribution in [0.1, 0.15) is 6.92 Å². The molecular formula is C20H19FN4O. The zero-order chi connectivity index (χ0) is 18.1. The number of fused-ring (bicyclic) bond motifs is 1. The van der Waals surface area contributed by atoms with Crippen LogP contribution >= 0.6 is 0 Å². The van der Waals surface area contributed by atoms with E-state index >= 15 is 0 Å². The average Bonchev–Trinajstić information content (AvgIpc) is 2.68. The number of hydrogen-bond acceptors (Lipinski definition) is 4. The Morgan fingerprint density at radius 3 is 2.35 bits per heavy atom. The van der Waals surface area contributed by atoms with E-state index in [0.29, 0.717) is 13.1 Å². The van der Waals surface area contributed by atoms with Crippen molar-refractivity contribution in [2.24, 2.45) is 0 Å². The van der Waals surface area contributed by atoms with Crippen molar-refractivity contribution in [3.05, 3.63) is 54.6 Å². The number of halogens is 1. The summed E-state index contributed by atoms with van der Waals surface area (Å²) in [6.07, 6.45) is 1.58. The van der Waals surface area contributed by atoms with E-state index in [1.165, 1.54) is 12.1 Å². The molecule has 5 nitrogen and oxygen atoms in total. The number of anilines is 1. The average molecular weight is 350 g/mol. The fraction of sp³-hybridized carbons (Fsp3) is 0.250. The molecule has 0 saturated carbocycles. The number of rotatable bonds is 2. The van der Waals surface area contributed by atoms with E-state index in [1.54, 1.807) is 25.4 Å². The summed E-state index contributed by atoms with van der Waals surface area (Å²) < 4.78 is 13.2. The van der Waals surface area contributed by atoms with Crippen molar-refractivity contribution in [1.82, 2.24) is 14.9 Å². The monoisotopic (exact) mass is 350 g/mol. The molecule has 1 aliphatic heterocycles. The Morgan fingerprint density at radius 1 is 0.962 bits per heavy atom. The number of carbonyl (C=O) groups excluding carboxylic acids is 1. The number of carbonyl (C=O) groups is 1. The van der Waals surface area contributed by atoms with Gasteiger partial charge in [0.25, 0.3) is 0 Å². The molecule has 6 heteroatoms. The van der Waals surface area contributed by atoms with Gasteiger partial charge in [0.05, 0.1) is 5.52 Å². The van der Waals surface area contributed by atoms with Gasteiger partial charge in [0.2, 0.25) is 5.91 Å². The Hall–Kier alpha value is -3.02. The van der Waals surface area contributed by atoms with Crippen molar-refractivity contribution >= 4 is 22.6 Å². The molecule has 0 spiro atoms. The van der Waals surface area contributed by atoms with Gasteiger partial charge in [-0.3, -0.25) is 4.79 Å². The minimum atomic E-state index is -0.248. The van der Waals surface area contributed by atoms with E-state index in [4.69, 9.17) is 0 Å². The molecule has 1 fully saturated rings. The normalized spacial score (nSPS) is 14.7. The Kier molecular flexibility index (Phi) is 4.24. The number of hydrogen-bond donors (Lipinski definition) is 0. The molecule has 3 aromatic rings. The SMILES string of the molecule is CC(=O)N1CCN(c2ncnc3ccc(-c4ccc(F)cc4)cc23)CC1. The lowest BCUT2D eigenvalue weighted by atomic mass is 10.0. The van der Waals surface area contributed by atoms with Crippen molar-refractivity contribution in [1.29, 1.82) is 0 Å². The Balaban J connectivity index is 1.70. The number of benzene rings is 2. The quantitative estimate of drug-likeness (QED) is 0.713. The van der Waals surface area contributed by atoms with Gasteiger partial charge in [-0.15, -0.1) is 0 Å². The molecule has 0 atom stereocenters. The second-order valence-corrected chi connectivity index (χ2v) is 6.43. The molecular weight excluding hydrogens is 331 g/mol. The third-order valence-electron chi connectivity index (χ3n) is 4.82. The summed E-state index contributed by atoms with van der Waals surface area (Å²) in [5.41, 5.74) is 2.82. The Morgan fingerprint density at radius 2 is 1.65 bits per heavy atom. The van der Waals surface area contributed by atoms with Crippen LogP contribution < -0.4 is 4.90 Å². The predicted octanol–water partition coefficient (Wildman–Crippen LogP) is 3.10.